The highest BCUT2D eigenvalue weighted by Gasteiger charge is 2.24. The number of rotatable bonds is 3. The molecule has 0 saturated heterocycles. The molecule has 110 valence electrons. The summed E-state index contributed by atoms with van der Waals surface area (Å²) in [6.45, 7) is 1.98. The van der Waals surface area contributed by atoms with Crippen molar-refractivity contribution in [3.8, 4) is 5.75 Å². The zero-order valence-electron chi connectivity index (χ0n) is 12.4. The fourth-order valence-corrected chi connectivity index (χ4v) is 2.17. The standard InChI is InChI=1S/C18H15NO3/c1-12-4-3-5-14(10-12)17-19-16(18(20)22-17)11-13-6-8-15(21-2)9-7-13/h3-11H,1-2H3/b16-11+. The van der Waals surface area contributed by atoms with Crippen molar-refractivity contribution >= 4 is 17.9 Å². The van der Waals surface area contributed by atoms with E-state index >= 15 is 0 Å². The third kappa shape index (κ3) is 2.91. The number of cyclic esters (lactones) is 1. The molecule has 0 fully saturated rings. The minimum atomic E-state index is -0.438. The predicted molar refractivity (Wildman–Crippen MR) is 84.8 cm³/mol. The largest absolute Gasteiger partial charge is 0.497 e. The Morgan fingerprint density at radius 3 is 2.59 bits per heavy atom. The Hall–Kier alpha value is -2.88. The van der Waals surface area contributed by atoms with Gasteiger partial charge in [-0.25, -0.2) is 9.79 Å². The Balaban J connectivity index is 1.90. The van der Waals surface area contributed by atoms with Gasteiger partial charge in [-0.15, -0.1) is 0 Å². The Morgan fingerprint density at radius 1 is 1.14 bits per heavy atom. The average molecular weight is 293 g/mol. The highest BCUT2D eigenvalue weighted by atomic mass is 16.6. The monoisotopic (exact) mass is 293 g/mol. The molecule has 1 heterocycles. The molecule has 2 aromatic rings. The molecule has 1 aliphatic rings. The van der Waals surface area contributed by atoms with E-state index in [4.69, 9.17) is 9.47 Å². The lowest BCUT2D eigenvalue weighted by atomic mass is 10.1. The van der Waals surface area contributed by atoms with Crippen molar-refractivity contribution in [1.29, 1.82) is 0 Å². The Kier molecular flexibility index (Phi) is 3.74. The number of hydrogen-bond donors (Lipinski definition) is 0. The van der Waals surface area contributed by atoms with E-state index in [0.717, 1.165) is 22.4 Å². The van der Waals surface area contributed by atoms with Crippen LogP contribution >= 0.6 is 0 Å². The number of methoxy groups -OCH3 is 1. The molecule has 3 rings (SSSR count). The Labute approximate surface area is 128 Å². The molecule has 4 nitrogen and oxygen atoms in total. The highest BCUT2D eigenvalue weighted by Crippen LogP contribution is 2.20. The van der Waals surface area contributed by atoms with Crippen LogP contribution in [-0.4, -0.2) is 19.0 Å². The van der Waals surface area contributed by atoms with Crippen molar-refractivity contribution in [3.05, 3.63) is 70.9 Å². The van der Waals surface area contributed by atoms with Gasteiger partial charge >= 0.3 is 5.97 Å². The van der Waals surface area contributed by atoms with Crippen molar-refractivity contribution in [2.24, 2.45) is 4.99 Å². The molecule has 0 aliphatic carbocycles. The minimum absolute atomic E-state index is 0.293. The maximum absolute atomic E-state index is 11.9. The zero-order valence-corrected chi connectivity index (χ0v) is 12.4. The SMILES string of the molecule is COc1ccc(/C=C2/N=C(c3cccc(C)c3)OC2=O)cc1. The van der Waals surface area contributed by atoms with Gasteiger partial charge in [-0.3, -0.25) is 0 Å². The summed E-state index contributed by atoms with van der Waals surface area (Å²) in [4.78, 5) is 16.2. The molecule has 1 aliphatic heterocycles. The maximum atomic E-state index is 11.9. The third-order valence-electron chi connectivity index (χ3n) is 3.30. The smallest absolute Gasteiger partial charge is 0.363 e. The Bertz CT molecular complexity index is 773. The van der Waals surface area contributed by atoms with Crippen LogP contribution in [0.4, 0.5) is 0 Å². The second kappa shape index (κ2) is 5.85. The number of aliphatic imine (C=N–C) groups is 1. The molecule has 0 unspecified atom stereocenters. The van der Waals surface area contributed by atoms with Crippen LogP contribution in [0.3, 0.4) is 0 Å². The number of nitrogens with zero attached hydrogens (tertiary/aromatic N) is 1. The van der Waals surface area contributed by atoms with Gasteiger partial charge in [0.05, 0.1) is 7.11 Å². The molecular formula is C18H15NO3. The van der Waals surface area contributed by atoms with E-state index in [2.05, 4.69) is 4.99 Å². The number of benzene rings is 2. The first-order chi connectivity index (χ1) is 10.7. The minimum Gasteiger partial charge on any atom is -0.497 e. The van der Waals surface area contributed by atoms with E-state index in [-0.39, 0.29) is 0 Å². The van der Waals surface area contributed by atoms with Crippen LogP contribution in [-0.2, 0) is 9.53 Å². The van der Waals surface area contributed by atoms with E-state index in [1.807, 2.05) is 55.5 Å². The summed E-state index contributed by atoms with van der Waals surface area (Å²) in [5, 5.41) is 0. The molecule has 0 bridgehead atoms. The van der Waals surface area contributed by atoms with Gasteiger partial charge in [0.2, 0.25) is 5.90 Å². The molecule has 0 radical (unpaired) electrons. The van der Waals surface area contributed by atoms with Crippen molar-refractivity contribution in [2.45, 2.75) is 6.92 Å². The average Bonchev–Trinajstić information content (AvgIpc) is 2.89. The van der Waals surface area contributed by atoms with Crippen molar-refractivity contribution < 1.29 is 14.3 Å². The second-order valence-electron chi connectivity index (χ2n) is 4.98. The summed E-state index contributed by atoms with van der Waals surface area (Å²) in [7, 11) is 1.61. The molecule has 0 spiro atoms. The van der Waals surface area contributed by atoms with E-state index < -0.39 is 5.97 Å². The molecule has 0 saturated carbocycles. The quantitative estimate of drug-likeness (QED) is 0.644. The molecule has 0 amide bonds. The second-order valence-corrected chi connectivity index (χ2v) is 4.98. The van der Waals surface area contributed by atoms with Gasteiger partial charge in [-0.1, -0.05) is 29.8 Å². The lowest BCUT2D eigenvalue weighted by Crippen LogP contribution is -2.05. The summed E-state index contributed by atoms with van der Waals surface area (Å²) in [5.41, 5.74) is 3.04. The molecule has 0 aromatic heterocycles. The van der Waals surface area contributed by atoms with Crippen LogP contribution in [0.25, 0.3) is 6.08 Å². The highest BCUT2D eigenvalue weighted by molar-refractivity contribution is 6.12. The summed E-state index contributed by atoms with van der Waals surface area (Å²) in [6.07, 6.45) is 1.70. The number of carbonyl (C=O) groups is 1. The Morgan fingerprint density at radius 2 is 1.91 bits per heavy atom. The number of hydrogen-bond acceptors (Lipinski definition) is 4. The lowest BCUT2D eigenvalue weighted by molar-refractivity contribution is -0.129. The molecule has 0 atom stereocenters. The van der Waals surface area contributed by atoms with Crippen LogP contribution in [0.1, 0.15) is 16.7 Å². The van der Waals surface area contributed by atoms with Gasteiger partial charge in [0.15, 0.2) is 5.70 Å². The first-order valence-corrected chi connectivity index (χ1v) is 6.89. The van der Waals surface area contributed by atoms with Crippen LogP contribution in [0.15, 0.2) is 59.2 Å². The van der Waals surface area contributed by atoms with Gasteiger partial charge in [0, 0.05) is 5.56 Å². The summed E-state index contributed by atoms with van der Waals surface area (Å²) >= 11 is 0. The lowest BCUT2D eigenvalue weighted by Gasteiger charge is -1.99. The van der Waals surface area contributed by atoms with Crippen LogP contribution < -0.4 is 4.74 Å². The normalized spacial score (nSPS) is 15.6. The molecule has 0 N–H and O–H groups in total. The zero-order chi connectivity index (χ0) is 15.5. The topological polar surface area (TPSA) is 47.9 Å². The van der Waals surface area contributed by atoms with Crippen molar-refractivity contribution in [3.63, 3.8) is 0 Å². The van der Waals surface area contributed by atoms with Crippen LogP contribution in [0.5, 0.6) is 5.75 Å². The van der Waals surface area contributed by atoms with Crippen LogP contribution in [0.2, 0.25) is 0 Å². The van der Waals surface area contributed by atoms with E-state index in [0.29, 0.717) is 11.6 Å². The summed E-state index contributed by atoms with van der Waals surface area (Å²) in [6, 6.07) is 15.1. The van der Waals surface area contributed by atoms with E-state index in [1.165, 1.54) is 0 Å². The summed E-state index contributed by atoms with van der Waals surface area (Å²) < 4.78 is 10.4. The molecule has 22 heavy (non-hydrogen) atoms. The van der Waals surface area contributed by atoms with E-state index in [1.54, 1.807) is 13.2 Å². The fraction of sp³-hybridized carbons (Fsp3) is 0.111. The van der Waals surface area contributed by atoms with E-state index in [9.17, 15) is 4.79 Å². The van der Waals surface area contributed by atoms with Crippen molar-refractivity contribution in [1.82, 2.24) is 0 Å². The van der Waals surface area contributed by atoms with Gasteiger partial charge in [-0.05, 0) is 42.8 Å². The molecule has 4 heteroatoms. The van der Waals surface area contributed by atoms with Gasteiger partial charge in [-0.2, -0.15) is 0 Å². The number of ether oxygens (including phenoxy) is 2. The predicted octanol–water partition coefficient (Wildman–Crippen LogP) is 3.35. The fourth-order valence-electron chi connectivity index (χ4n) is 2.17. The van der Waals surface area contributed by atoms with Crippen LogP contribution in [0, 0.1) is 6.92 Å². The number of carbonyl (C=O) groups excluding carboxylic acids is 1. The van der Waals surface area contributed by atoms with Gasteiger partial charge in [0.1, 0.15) is 5.75 Å². The number of aryl methyl sites for hydroxylation is 1. The van der Waals surface area contributed by atoms with Gasteiger partial charge < -0.3 is 9.47 Å². The summed E-state index contributed by atoms with van der Waals surface area (Å²) in [5.74, 6) is 0.667. The molecule has 2 aromatic carbocycles. The van der Waals surface area contributed by atoms with Gasteiger partial charge in [0.25, 0.3) is 0 Å². The number of esters is 1. The van der Waals surface area contributed by atoms with Crippen molar-refractivity contribution in [2.75, 3.05) is 7.11 Å². The third-order valence-corrected chi connectivity index (χ3v) is 3.30. The first kappa shape index (κ1) is 14.1. The maximum Gasteiger partial charge on any atom is 0.363 e. The molecular weight excluding hydrogens is 278 g/mol. The first-order valence-electron chi connectivity index (χ1n) is 6.89.